The first kappa shape index (κ1) is 9.13. The van der Waals surface area contributed by atoms with E-state index in [9.17, 15) is 0 Å². The molecule has 0 aromatic carbocycles. The summed E-state index contributed by atoms with van der Waals surface area (Å²) in [5.74, 6) is 0. The molecule has 0 spiro atoms. The Morgan fingerprint density at radius 3 is 1.60 bits per heavy atom. The summed E-state index contributed by atoms with van der Waals surface area (Å²) in [6.45, 7) is 0. The predicted molar refractivity (Wildman–Crippen MR) is 8.38 cm³/mol. The van der Waals surface area contributed by atoms with Crippen molar-refractivity contribution in [2.75, 3.05) is 0 Å². The Labute approximate surface area is 55.7 Å². The Morgan fingerprint density at radius 2 is 1.60 bits per heavy atom. The molecule has 0 fully saturated rings. The average Bonchev–Trinajstić information content (AvgIpc) is 1.46. The van der Waals surface area contributed by atoms with Gasteiger partial charge in [-0.15, -0.1) is 0 Å². The van der Waals surface area contributed by atoms with E-state index in [4.69, 9.17) is 11.1 Å². The molecular formula is HCeNO3. The Hall–Kier alpha value is 0.577. The van der Waals surface area contributed by atoms with Gasteiger partial charge in [-0.25, -0.2) is 0 Å². The van der Waals surface area contributed by atoms with Gasteiger partial charge in [-0.05, 0) is 0 Å². The van der Waals surface area contributed by atoms with Crippen molar-refractivity contribution in [2.45, 2.75) is 0 Å². The van der Waals surface area contributed by atoms with Crippen LogP contribution in [0.1, 0.15) is 0 Å². The third kappa shape index (κ3) is 91.4. The number of rotatable bonds is 0. The van der Waals surface area contributed by atoms with Crippen molar-refractivity contribution in [3.8, 4) is 0 Å². The summed E-state index contributed by atoms with van der Waals surface area (Å²) in [5, 5.41) is 8.38. The van der Waals surface area contributed by atoms with Gasteiger partial charge in [0.05, 0.1) is 0 Å². The van der Waals surface area contributed by atoms with Gasteiger partial charge in [0.1, 0.15) is 0 Å². The van der Waals surface area contributed by atoms with Crippen molar-refractivity contribution in [3.05, 3.63) is 10.1 Å². The van der Waals surface area contributed by atoms with E-state index in [2.05, 4.69) is 0 Å². The van der Waals surface area contributed by atoms with Gasteiger partial charge in [0.2, 0.25) is 0 Å². The Bertz CT molecular complexity index is 20.9. The summed E-state index contributed by atoms with van der Waals surface area (Å²) >= 11 is 0.0556. The standard InChI is InChI=1S/Ce.HNO2.O/c;2-1-3;/h;1H;. The molecule has 0 unspecified atom stereocenters. The van der Waals surface area contributed by atoms with Crippen LogP contribution in [0.2, 0.25) is 0 Å². The van der Waals surface area contributed by atoms with Crippen molar-refractivity contribution < 1.29 is 46.1 Å². The molecule has 0 atom stereocenters. The van der Waals surface area contributed by atoms with Gasteiger partial charge >= 0.3 is 40.7 Å². The first-order valence-corrected chi connectivity index (χ1v) is 1.89. The summed E-state index contributed by atoms with van der Waals surface area (Å²) in [6.07, 6.45) is 0. The normalized spacial score (nSPS) is 3.00. The van der Waals surface area contributed by atoms with E-state index in [0.717, 1.165) is 0 Å². The zero-order valence-electron chi connectivity index (χ0n) is 2.22. The van der Waals surface area contributed by atoms with E-state index >= 15 is 0 Å². The Balaban J connectivity index is 0. The van der Waals surface area contributed by atoms with Crippen LogP contribution in [0, 0.1) is 49.9 Å². The Kier molecular flexibility index (Phi) is 43.0. The summed E-state index contributed by atoms with van der Waals surface area (Å²) in [6, 6.07) is 0. The third-order valence-electron chi connectivity index (χ3n) is 0. The monoisotopic (exact) mass is 203 g/mol. The van der Waals surface area contributed by atoms with Crippen molar-refractivity contribution in [1.29, 1.82) is 0 Å². The summed E-state index contributed by atoms with van der Waals surface area (Å²) in [7, 11) is 0. The fraction of sp³-hybridized carbons (Fsp3) is 0. The Morgan fingerprint density at radius 1 is 1.60 bits per heavy atom. The molecule has 0 aliphatic carbocycles. The quantitative estimate of drug-likeness (QED) is 0.373. The van der Waals surface area contributed by atoms with E-state index < -0.39 is 0 Å². The number of hydrogen-bond donors (Lipinski definition) is 1. The molecule has 0 rings (SSSR count). The van der Waals surface area contributed by atoms with Crippen molar-refractivity contribution in [1.82, 2.24) is 0 Å². The van der Waals surface area contributed by atoms with Gasteiger partial charge in [-0.2, -0.15) is 0 Å². The third-order valence-corrected chi connectivity index (χ3v) is 0. The fourth-order valence-electron chi connectivity index (χ4n) is 0. The molecule has 28 valence electrons. The molecule has 0 radical (unpaired) electrons. The minimum absolute atomic E-state index is 0.0556. The van der Waals surface area contributed by atoms with Crippen LogP contribution in [-0.4, -0.2) is 0 Å². The summed E-state index contributed by atoms with van der Waals surface area (Å²) < 4.78 is 8.39. The van der Waals surface area contributed by atoms with Crippen molar-refractivity contribution in [2.24, 2.45) is 0 Å². The molecule has 4 nitrogen and oxygen atoms in total. The van der Waals surface area contributed by atoms with Gasteiger partial charge in [0.15, 0.2) is 0 Å². The van der Waals surface area contributed by atoms with Crippen LogP contribution in [0.25, 0.3) is 0 Å². The van der Waals surface area contributed by atoms with E-state index in [1.54, 1.807) is 0 Å². The fourth-order valence-corrected chi connectivity index (χ4v) is 0. The molecule has 0 aliphatic heterocycles. The average molecular weight is 203 g/mol. The molecule has 5 heavy (non-hydrogen) atoms. The van der Waals surface area contributed by atoms with Crippen LogP contribution < -0.4 is 5.34 Å². The predicted octanol–water partition coefficient (Wildman–Crippen LogP) is -1.79. The molecule has 0 aromatic heterocycles. The molecule has 0 amide bonds. The van der Waals surface area contributed by atoms with Crippen LogP contribution >= 0.6 is 0 Å². The molecule has 0 aliphatic rings. The SMILES string of the molecule is O=[NH+][O-].[O]=[Ce]. The summed E-state index contributed by atoms with van der Waals surface area (Å²) in [4.78, 5) is 8.12. The second kappa shape index (κ2) is 23.6. The van der Waals surface area contributed by atoms with E-state index in [-0.39, 0.29) is 45.1 Å². The summed E-state index contributed by atoms with van der Waals surface area (Å²) in [5.41, 5.74) is 0. The number of hydrogen-bond acceptors (Lipinski definition) is 3. The zero-order chi connectivity index (χ0) is 4.71. The number of nitrogens with one attached hydrogen (secondary N) is 1. The van der Waals surface area contributed by atoms with E-state index in [1.807, 2.05) is 0 Å². The minimum atomic E-state index is 0.0556. The van der Waals surface area contributed by atoms with Gasteiger partial charge < -0.3 is 0 Å². The van der Waals surface area contributed by atoms with Gasteiger partial charge in [-0.1, -0.05) is 0 Å². The van der Waals surface area contributed by atoms with Gasteiger partial charge in [0.25, 0.3) is 0 Å². The van der Waals surface area contributed by atoms with Crippen molar-refractivity contribution in [3.63, 3.8) is 0 Å². The first-order valence-electron chi connectivity index (χ1n) is 0.612. The van der Waals surface area contributed by atoms with E-state index in [0.29, 0.717) is 0 Å². The molecule has 0 saturated carbocycles. The van der Waals surface area contributed by atoms with Crippen LogP contribution in [0.3, 0.4) is 0 Å². The molecule has 0 bridgehead atoms. The van der Waals surface area contributed by atoms with Gasteiger partial charge in [0, 0.05) is 5.34 Å². The van der Waals surface area contributed by atoms with Crippen molar-refractivity contribution >= 4 is 0 Å². The van der Waals surface area contributed by atoms with Crippen LogP contribution in [0.5, 0.6) is 0 Å². The first-order chi connectivity index (χ1) is 2.41. The molecule has 5 heteroatoms. The molecular weight excluding hydrogens is 202 g/mol. The maximum atomic E-state index is 8.39. The zero-order valence-corrected chi connectivity index (χ0v) is 5.36. The molecule has 0 aromatic rings. The van der Waals surface area contributed by atoms with E-state index in [1.165, 1.54) is 0 Å². The van der Waals surface area contributed by atoms with Gasteiger partial charge in [-0.3, -0.25) is 10.1 Å². The molecule has 1 N–H and O–H groups in total. The topological polar surface area (TPSA) is 71.2 Å². The second-order valence-electron chi connectivity index (χ2n) is 0.0833. The maximum absolute atomic E-state index is 8.39. The van der Waals surface area contributed by atoms with Crippen LogP contribution in [0.15, 0.2) is 0 Å². The van der Waals surface area contributed by atoms with Crippen LogP contribution in [-0.2, 0) is 0.938 Å². The molecule has 0 heterocycles. The second-order valence-corrected chi connectivity index (χ2v) is 0.0833. The molecule has 0 saturated heterocycles. The van der Waals surface area contributed by atoms with Crippen LogP contribution in [0.4, 0.5) is 0 Å².